The highest BCUT2D eigenvalue weighted by Gasteiger charge is 2.44. The van der Waals surface area contributed by atoms with Crippen LogP contribution in [0.4, 0.5) is 0 Å². The molecule has 0 aromatic rings. The maximum absolute atomic E-state index is 3.62. The van der Waals surface area contributed by atoms with Crippen molar-refractivity contribution in [1.29, 1.82) is 0 Å². The average molecular weight is 184 g/mol. The number of hydrogen-bond acceptors (Lipinski definition) is 2. The van der Waals surface area contributed by atoms with Crippen molar-refractivity contribution < 1.29 is 0 Å². The molecule has 1 aliphatic carbocycles. The summed E-state index contributed by atoms with van der Waals surface area (Å²) in [6.45, 7) is 11.3. The Hall–Kier alpha value is -0.0800. The minimum atomic E-state index is 0.577. The van der Waals surface area contributed by atoms with Gasteiger partial charge in [0.25, 0.3) is 0 Å². The van der Waals surface area contributed by atoms with Gasteiger partial charge in [0.1, 0.15) is 0 Å². The van der Waals surface area contributed by atoms with Crippen LogP contribution < -0.4 is 5.32 Å². The second-order valence-corrected chi connectivity index (χ2v) is 3.98. The Bertz CT molecular complexity index is 139. The SMILES string of the molecule is CC.CCCN1CCNC2(CC2)C1. The molecular weight excluding hydrogens is 160 g/mol. The van der Waals surface area contributed by atoms with E-state index in [2.05, 4.69) is 17.1 Å². The monoisotopic (exact) mass is 184 g/mol. The highest BCUT2D eigenvalue weighted by Crippen LogP contribution is 2.37. The maximum Gasteiger partial charge on any atom is 0.0310 e. The molecule has 1 saturated carbocycles. The molecule has 13 heavy (non-hydrogen) atoms. The van der Waals surface area contributed by atoms with Crippen LogP contribution in [0.3, 0.4) is 0 Å². The molecule has 2 rings (SSSR count). The molecule has 2 fully saturated rings. The summed E-state index contributed by atoms with van der Waals surface area (Å²) in [6, 6.07) is 0. The predicted molar refractivity (Wildman–Crippen MR) is 58.0 cm³/mol. The highest BCUT2D eigenvalue weighted by atomic mass is 15.2. The predicted octanol–water partition coefficient (Wildman–Crippen LogP) is 1.86. The van der Waals surface area contributed by atoms with E-state index in [4.69, 9.17) is 0 Å². The van der Waals surface area contributed by atoms with Gasteiger partial charge in [0, 0.05) is 25.2 Å². The van der Waals surface area contributed by atoms with Gasteiger partial charge in [-0.2, -0.15) is 0 Å². The molecule has 1 heterocycles. The average Bonchev–Trinajstić information content (AvgIpc) is 2.89. The quantitative estimate of drug-likeness (QED) is 0.704. The molecule has 0 unspecified atom stereocenters. The van der Waals surface area contributed by atoms with Crippen molar-refractivity contribution in [2.75, 3.05) is 26.2 Å². The zero-order chi connectivity index (χ0) is 9.73. The van der Waals surface area contributed by atoms with Crippen molar-refractivity contribution >= 4 is 0 Å². The summed E-state index contributed by atoms with van der Waals surface area (Å²) in [5.41, 5.74) is 0.577. The molecule has 0 amide bonds. The number of hydrogen-bond donors (Lipinski definition) is 1. The van der Waals surface area contributed by atoms with Gasteiger partial charge < -0.3 is 10.2 Å². The van der Waals surface area contributed by atoms with E-state index in [9.17, 15) is 0 Å². The first-order valence-corrected chi connectivity index (χ1v) is 5.82. The Morgan fingerprint density at radius 2 is 2.00 bits per heavy atom. The number of nitrogens with zero attached hydrogens (tertiary/aromatic N) is 1. The van der Waals surface area contributed by atoms with E-state index in [1.165, 1.54) is 45.4 Å². The summed E-state index contributed by atoms with van der Waals surface area (Å²) < 4.78 is 0. The van der Waals surface area contributed by atoms with E-state index in [1.54, 1.807) is 0 Å². The highest BCUT2D eigenvalue weighted by molar-refractivity contribution is 5.06. The van der Waals surface area contributed by atoms with Gasteiger partial charge in [0.05, 0.1) is 0 Å². The van der Waals surface area contributed by atoms with Gasteiger partial charge in [-0.3, -0.25) is 0 Å². The van der Waals surface area contributed by atoms with Crippen LogP contribution in [0.15, 0.2) is 0 Å². The zero-order valence-corrected chi connectivity index (χ0v) is 9.40. The van der Waals surface area contributed by atoms with Crippen LogP contribution in [0.1, 0.15) is 40.0 Å². The van der Waals surface area contributed by atoms with Crippen LogP contribution >= 0.6 is 0 Å². The first-order chi connectivity index (χ1) is 6.35. The summed E-state index contributed by atoms with van der Waals surface area (Å²) in [7, 11) is 0. The molecule has 2 aliphatic rings. The van der Waals surface area contributed by atoms with Gasteiger partial charge in [-0.05, 0) is 25.8 Å². The van der Waals surface area contributed by atoms with Crippen LogP contribution in [0.25, 0.3) is 0 Å². The zero-order valence-electron chi connectivity index (χ0n) is 9.40. The molecule has 1 N–H and O–H groups in total. The fraction of sp³-hybridized carbons (Fsp3) is 1.00. The minimum absolute atomic E-state index is 0.577. The third kappa shape index (κ3) is 2.96. The van der Waals surface area contributed by atoms with E-state index in [-0.39, 0.29) is 0 Å². The Morgan fingerprint density at radius 1 is 1.31 bits per heavy atom. The van der Waals surface area contributed by atoms with Crippen LogP contribution in [-0.4, -0.2) is 36.6 Å². The van der Waals surface area contributed by atoms with Crippen molar-refractivity contribution in [2.45, 2.75) is 45.6 Å². The Kier molecular flexibility index (Phi) is 4.20. The summed E-state index contributed by atoms with van der Waals surface area (Å²) in [6.07, 6.45) is 4.12. The molecule has 0 atom stereocenters. The lowest BCUT2D eigenvalue weighted by Crippen LogP contribution is -2.52. The van der Waals surface area contributed by atoms with Crippen LogP contribution in [0, 0.1) is 0 Å². The fourth-order valence-corrected chi connectivity index (χ4v) is 2.04. The second-order valence-electron chi connectivity index (χ2n) is 3.98. The first kappa shape index (κ1) is 11.0. The van der Waals surface area contributed by atoms with E-state index >= 15 is 0 Å². The molecule has 2 heteroatoms. The van der Waals surface area contributed by atoms with Gasteiger partial charge >= 0.3 is 0 Å². The molecule has 0 bridgehead atoms. The van der Waals surface area contributed by atoms with Gasteiger partial charge in [-0.15, -0.1) is 0 Å². The molecule has 1 spiro atoms. The third-order valence-electron chi connectivity index (χ3n) is 2.85. The van der Waals surface area contributed by atoms with Crippen molar-refractivity contribution in [1.82, 2.24) is 10.2 Å². The standard InChI is InChI=1S/C9H18N2.C2H6/c1-2-6-11-7-5-10-9(8-11)3-4-9;1-2/h10H,2-8H2,1H3;1-2H3. The van der Waals surface area contributed by atoms with E-state index < -0.39 is 0 Å². The Balaban J connectivity index is 0.000000396. The van der Waals surface area contributed by atoms with Gasteiger partial charge in [0.2, 0.25) is 0 Å². The number of piperazine rings is 1. The molecular formula is C11H24N2. The Morgan fingerprint density at radius 3 is 2.54 bits per heavy atom. The lowest BCUT2D eigenvalue weighted by Gasteiger charge is -2.33. The van der Waals surface area contributed by atoms with E-state index in [0.29, 0.717) is 5.54 Å². The molecule has 78 valence electrons. The summed E-state index contributed by atoms with van der Waals surface area (Å²) in [4.78, 5) is 2.60. The lowest BCUT2D eigenvalue weighted by atomic mass is 10.2. The molecule has 0 radical (unpaired) electrons. The maximum atomic E-state index is 3.62. The second kappa shape index (κ2) is 4.97. The van der Waals surface area contributed by atoms with Crippen molar-refractivity contribution in [2.24, 2.45) is 0 Å². The molecule has 1 saturated heterocycles. The van der Waals surface area contributed by atoms with Gasteiger partial charge in [-0.25, -0.2) is 0 Å². The van der Waals surface area contributed by atoms with Gasteiger partial charge in [-0.1, -0.05) is 20.8 Å². The van der Waals surface area contributed by atoms with Crippen LogP contribution in [0.5, 0.6) is 0 Å². The fourth-order valence-electron chi connectivity index (χ4n) is 2.04. The Labute approximate surface area is 82.7 Å². The normalized spacial score (nSPS) is 25.2. The third-order valence-corrected chi connectivity index (χ3v) is 2.85. The molecule has 0 aromatic heterocycles. The number of rotatable bonds is 2. The van der Waals surface area contributed by atoms with Crippen molar-refractivity contribution in [3.63, 3.8) is 0 Å². The summed E-state index contributed by atoms with van der Waals surface area (Å²) in [5.74, 6) is 0. The summed E-state index contributed by atoms with van der Waals surface area (Å²) in [5, 5.41) is 3.62. The van der Waals surface area contributed by atoms with Gasteiger partial charge in [0.15, 0.2) is 0 Å². The van der Waals surface area contributed by atoms with E-state index in [1.807, 2.05) is 13.8 Å². The van der Waals surface area contributed by atoms with E-state index in [0.717, 1.165) is 0 Å². The lowest BCUT2D eigenvalue weighted by molar-refractivity contribution is 0.190. The summed E-state index contributed by atoms with van der Waals surface area (Å²) >= 11 is 0. The van der Waals surface area contributed by atoms with Crippen molar-refractivity contribution in [3.05, 3.63) is 0 Å². The minimum Gasteiger partial charge on any atom is -0.309 e. The largest absolute Gasteiger partial charge is 0.309 e. The molecule has 2 nitrogen and oxygen atoms in total. The molecule has 1 aliphatic heterocycles. The number of nitrogens with one attached hydrogen (secondary N) is 1. The smallest absolute Gasteiger partial charge is 0.0310 e. The topological polar surface area (TPSA) is 15.3 Å². The molecule has 0 aromatic carbocycles. The first-order valence-electron chi connectivity index (χ1n) is 5.82. The van der Waals surface area contributed by atoms with Crippen LogP contribution in [0.2, 0.25) is 0 Å². The van der Waals surface area contributed by atoms with Crippen LogP contribution in [-0.2, 0) is 0 Å². The van der Waals surface area contributed by atoms with Crippen molar-refractivity contribution in [3.8, 4) is 0 Å².